The summed E-state index contributed by atoms with van der Waals surface area (Å²) in [6.07, 6.45) is 0. The molecule has 2 aromatic carbocycles. The highest BCUT2D eigenvalue weighted by atomic mass is 35.5. The van der Waals surface area contributed by atoms with Crippen LogP contribution < -0.4 is 17.2 Å². The Balaban J connectivity index is 0.00000176. The number of hydrogen-bond donors (Lipinski definition) is 0. The van der Waals surface area contributed by atoms with Crippen LogP contribution in [0.1, 0.15) is 17.0 Å². The monoisotopic (exact) mass is 311 g/mol. The van der Waals surface area contributed by atoms with Crippen molar-refractivity contribution in [2.75, 3.05) is 0 Å². The van der Waals surface area contributed by atoms with E-state index in [2.05, 4.69) is 10.2 Å². The summed E-state index contributed by atoms with van der Waals surface area (Å²) in [6.45, 7) is 4.06. The second-order valence-electron chi connectivity index (χ2n) is 4.89. The Morgan fingerprint density at radius 1 is 0.955 bits per heavy atom. The third kappa shape index (κ3) is 2.97. The van der Waals surface area contributed by atoms with Gasteiger partial charge in [0.05, 0.1) is 5.10 Å². The lowest BCUT2D eigenvalue weighted by Crippen LogP contribution is -3.00. The Kier molecular flexibility index (Phi) is 4.54. The van der Waals surface area contributed by atoms with Crippen molar-refractivity contribution < 1.29 is 17.2 Å². The fourth-order valence-corrected chi connectivity index (χ4v) is 2.02. The van der Waals surface area contributed by atoms with E-state index in [-0.39, 0.29) is 18.2 Å². The second-order valence-corrected chi connectivity index (χ2v) is 4.89. The first-order valence-corrected chi connectivity index (χ1v) is 6.61. The van der Waals surface area contributed by atoms with E-state index in [1.807, 2.05) is 68.4 Å². The largest absolute Gasteiger partial charge is 1.00 e. The highest BCUT2D eigenvalue weighted by Gasteiger charge is 2.21. The maximum Gasteiger partial charge on any atom is 0.409 e. The molecule has 0 fully saturated rings. The van der Waals surface area contributed by atoms with E-state index < -0.39 is 0 Å². The Labute approximate surface area is 134 Å². The van der Waals surface area contributed by atoms with Gasteiger partial charge in [-0.25, -0.2) is 0 Å². The van der Waals surface area contributed by atoms with Gasteiger partial charge >= 0.3 is 5.82 Å². The minimum atomic E-state index is 0. The van der Waals surface area contributed by atoms with Crippen molar-refractivity contribution in [2.45, 2.75) is 13.8 Å². The summed E-state index contributed by atoms with van der Waals surface area (Å²) in [5, 5.41) is 17.5. The van der Waals surface area contributed by atoms with Gasteiger partial charge in [0, 0.05) is 9.90 Å². The van der Waals surface area contributed by atoms with E-state index in [1.165, 1.54) is 11.1 Å². The normalized spacial score (nSPS) is 9.86. The van der Waals surface area contributed by atoms with Crippen molar-refractivity contribution in [1.29, 1.82) is 5.26 Å². The maximum absolute atomic E-state index is 9.06. The SMILES string of the molecule is Cc1ccc(-n2nc(C#N)n[n+]2-c2ccc(C)cc2)cc1.[Cl-]. The molecule has 0 amide bonds. The number of rotatable bonds is 2. The highest BCUT2D eigenvalue weighted by Crippen LogP contribution is 2.08. The van der Waals surface area contributed by atoms with Crippen LogP contribution in [0.15, 0.2) is 48.5 Å². The molecule has 0 N–H and O–H groups in total. The molecule has 0 unspecified atom stereocenters. The zero-order valence-electron chi connectivity index (χ0n) is 12.2. The molecule has 5 nitrogen and oxygen atoms in total. The van der Waals surface area contributed by atoms with Gasteiger partial charge in [0.25, 0.3) is 0 Å². The number of nitriles is 1. The number of hydrogen-bond acceptors (Lipinski definition) is 3. The van der Waals surface area contributed by atoms with Crippen molar-refractivity contribution >= 4 is 0 Å². The molecule has 0 bridgehead atoms. The molecule has 0 aliphatic rings. The predicted octanol–water partition coefficient (Wildman–Crippen LogP) is -0.963. The van der Waals surface area contributed by atoms with E-state index in [9.17, 15) is 0 Å². The smallest absolute Gasteiger partial charge is 0.409 e. The zero-order valence-corrected chi connectivity index (χ0v) is 13.0. The van der Waals surface area contributed by atoms with Gasteiger partial charge in [0.2, 0.25) is 0 Å². The van der Waals surface area contributed by atoms with E-state index in [0.717, 1.165) is 11.4 Å². The second kappa shape index (κ2) is 6.37. The van der Waals surface area contributed by atoms with Crippen LogP contribution in [-0.2, 0) is 0 Å². The van der Waals surface area contributed by atoms with Crippen molar-refractivity contribution in [3.8, 4) is 17.4 Å². The molecule has 0 atom stereocenters. The van der Waals surface area contributed by atoms with Gasteiger partial charge in [-0.15, -0.1) is 0 Å². The van der Waals surface area contributed by atoms with Crippen molar-refractivity contribution in [3.63, 3.8) is 0 Å². The molecule has 3 aromatic rings. The molecule has 22 heavy (non-hydrogen) atoms. The number of benzene rings is 2. The lowest BCUT2D eigenvalue weighted by atomic mass is 10.2. The number of tetrazole rings is 1. The van der Waals surface area contributed by atoms with Crippen molar-refractivity contribution in [3.05, 3.63) is 65.5 Å². The Hall–Kier alpha value is -2.71. The molecule has 0 aliphatic carbocycles. The third-order valence-electron chi connectivity index (χ3n) is 3.19. The molecule has 0 saturated heterocycles. The van der Waals surface area contributed by atoms with Crippen molar-refractivity contribution in [1.82, 2.24) is 15.0 Å². The molecular weight excluding hydrogens is 298 g/mol. The molecule has 0 saturated carbocycles. The molecule has 0 spiro atoms. The van der Waals surface area contributed by atoms with E-state index >= 15 is 0 Å². The number of aromatic nitrogens is 4. The molecule has 110 valence electrons. The summed E-state index contributed by atoms with van der Waals surface area (Å²) >= 11 is 0. The van der Waals surface area contributed by atoms with Crippen LogP contribution >= 0.6 is 0 Å². The molecule has 0 aliphatic heterocycles. The van der Waals surface area contributed by atoms with Gasteiger partial charge in [0.1, 0.15) is 5.69 Å². The minimum Gasteiger partial charge on any atom is -1.00 e. The summed E-state index contributed by atoms with van der Waals surface area (Å²) in [5.41, 5.74) is 4.05. The lowest BCUT2D eigenvalue weighted by Gasteiger charge is -2.00. The van der Waals surface area contributed by atoms with Gasteiger partial charge in [-0.1, -0.05) is 35.4 Å². The average molecular weight is 312 g/mol. The van der Waals surface area contributed by atoms with E-state index in [0.29, 0.717) is 0 Å². The fourth-order valence-electron chi connectivity index (χ4n) is 2.02. The Morgan fingerprint density at radius 3 is 2.05 bits per heavy atom. The zero-order chi connectivity index (χ0) is 14.8. The number of halogens is 1. The van der Waals surface area contributed by atoms with Crippen LogP contribution in [0.3, 0.4) is 0 Å². The van der Waals surface area contributed by atoms with E-state index in [4.69, 9.17) is 5.26 Å². The average Bonchev–Trinajstić information content (AvgIpc) is 2.93. The fraction of sp³-hybridized carbons (Fsp3) is 0.125. The Bertz CT molecular complexity index is 750. The van der Waals surface area contributed by atoms with Gasteiger partial charge in [-0.05, 0) is 42.9 Å². The molecular formula is C16H14ClN5. The summed E-state index contributed by atoms with van der Waals surface area (Å²) in [7, 11) is 0. The topological polar surface area (TPSA) is 58.4 Å². The van der Waals surface area contributed by atoms with Gasteiger partial charge < -0.3 is 12.4 Å². The van der Waals surface area contributed by atoms with Gasteiger partial charge in [0.15, 0.2) is 11.8 Å². The third-order valence-corrected chi connectivity index (χ3v) is 3.19. The van der Waals surface area contributed by atoms with Crippen LogP contribution in [0, 0.1) is 25.2 Å². The first kappa shape index (κ1) is 15.7. The maximum atomic E-state index is 9.06. The molecule has 3 rings (SSSR count). The number of nitrogens with zero attached hydrogens (tertiary/aromatic N) is 5. The number of aryl methyl sites for hydroxylation is 2. The first-order valence-electron chi connectivity index (χ1n) is 6.61. The van der Waals surface area contributed by atoms with Crippen LogP contribution in [-0.4, -0.2) is 15.0 Å². The quantitative estimate of drug-likeness (QED) is 0.573. The lowest BCUT2D eigenvalue weighted by molar-refractivity contribution is -0.735. The Morgan fingerprint density at radius 2 is 1.50 bits per heavy atom. The summed E-state index contributed by atoms with van der Waals surface area (Å²) in [6, 6.07) is 17.8. The van der Waals surface area contributed by atoms with Crippen LogP contribution in [0.25, 0.3) is 11.4 Å². The molecule has 6 heteroatoms. The molecule has 1 heterocycles. The standard InChI is InChI=1S/C16H14N5.ClH/c1-12-3-7-14(8-4-12)20-18-16(11-17)19-21(20)15-9-5-13(2)6-10-15;/h3-10H,1-2H3;1H/q+1;/p-1. The summed E-state index contributed by atoms with van der Waals surface area (Å²) < 4.78 is 0. The summed E-state index contributed by atoms with van der Waals surface area (Å²) in [5.74, 6) is 0.135. The highest BCUT2D eigenvalue weighted by molar-refractivity contribution is 5.32. The van der Waals surface area contributed by atoms with Gasteiger partial charge in [-0.2, -0.15) is 5.26 Å². The van der Waals surface area contributed by atoms with Crippen LogP contribution in [0.5, 0.6) is 0 Å². The summed E-state index contributed by atoms with van der Waals surface area (Å²) in [4.78, 5) is 3.26. The molecule has 0 radical (unpaired) electrons. The van der Waals surface area contributed by atoms with E-state index in [1.54, 1.807) is 9.59 Å². The first-order chi connectivity index (χ1) is 10.2. The predicted molar refractivity (Wildman–Crippen MR) is 77.1 cm³/mol. The van der Waals surface area contributed by atoms with Gasteiger partial charge in [-0.3, -0.25) is 0 Å². The molecule has 1 aromatic heterocycles. The minimum absolute atomic E-state index is 0. The van der Waals surface area contributed by atoms with Crippen LogP contribution in [0.4, 0.5) is 0 Å². The van der Waals surface area contributed by atoms with Crippen LogP contribution in [0.2, 0.25) is 0 Å². The van der Waals surface area contributed by atoms with Crippen molar-refractivity contribution in [2.24, 2.45) is 0 Å².